The highest BCUT2D eigenvalue weighted by atomic mass is 16.6. The fourth-order valence-electron chi connectivity index (χ4n) is 8.52. The largest absolute Gasteiger partial charge is 0.508 e. The van der Waals surface area contributed by atoms with Crippen LogP contribution in [0.2, 0.25) is 0 Å². The van der Waals surface area contributed by atoms with Crippen LogP contribution >= 0.6 is 0 Å². The molecular weight excluding hydrogens is 552 g/mol. The highest BCUT2D eigenvalue weighted by Crippen LogP contribution is 2.68. The van der Waals surface area contributed by atoms with Crippen molar-refractivity contribution in [3.63, 3.8) is 0 Å². The van der Waals surface area contributed by atoms with Crippen molar-refractivity contribution in [1.82, 2.24) is 0 Å². The molecule has 3 aliphatic rings. The molecule has 1 aromatic carbocycles. The first-order valence-electron chi connectivity index (χ1n) is 17.6. The molecule has 0 aliphatic heterocycles. The number of ether oxygens (including phenoxy) is 2. The summed E-state index contributed by atoms with van der Waals surface area (Å²) < 4.78 is 12.4. The number of hydrogen-bond acceptors (Lipinski definition) is 6. The number of hydrogen-bond donors (Lipinski definition) is 2. The van der Waals surface area contributed by atoms with Crippen LogP contribution in [0.1, 0.15) is 153 Å². The maximum absolute atomic E-state index is 13.3. The lowest BCUT2D eigenvalue weighted by Gasteiger charge is -2.64. The van der Waals surface area contributed by atoms with Crippen molar-refractivity contribution in [2.24, 2.45) is 22.7 Å². The van der Waals surface area contributed by atoms with Gasteiger partial charge < -0.3 is 19.7 Å². The lowest BCUT2D eigenvalue weighted by molar-refractivity contribution is -0.256. The van der Waals surface area contributed by atoms with Gasteiger partial charge in [0.2, 0.25) is 0 Å². The summed E-state index contributed by atoms with van der Waals surface area (Å²) in [5.74, 6) is -0.574. The number of phenols is 2. The SMILES string of the molecule is CCCCCCCCCCCCCCCC(=O)OC12C=CC3CC(C)(C)CC3C1(C)CC2OC(=O)c1c(C)cc(O)cc1O. The molecule has 0 saturated heterocycles. The standard InChI is InChI=1S/C38H58O6/c1-6-7-8-9-10-11-12-13-14-15-16-17-18-19-33(41)44-38-21-20-28-24-36(3,4)25-30(28)37(38,5)26-32(38)43-35(42)34-27(2)22-29(39)23-31(34)40/h20-23,28,30,32,39-40H,6-19,24-26H2,1-5H3. The number of allylic oxidation sites excluding steroid dienone is 1. The average molecular weight is 611 g/mol. The molecule has 6 heteroatoms. The molecule has 6 nitrogen and oxygen atoms in total. The highest BCUT2D eigenvalue weighted by Gasteiger charge is 2.72. The number of carbonyl (C=O) groups excluding carboxylic acids is 2. The van der Waals surface area contributed by atoms with E-state index in [-0.39, 0.29) is 33.9 Å². The summed E-state index contributed by atoms with van der Waals surface area (Å²) >= 11 is 0. The third kappa shape index (κ3) is 7.65. The van der Waals surface area contributed by atoms with Gasteiger partial charge in [0, 0.05) is 17.9 Å². The van der Waals surface area contributed by atoms with Gasteiger partial charge in [0.25, 0.3) is 0 Å². The van der Waals surface area contributed by atoms with Crippen molar-refractivity contribution in [1.29, 1.82) is 0 Å². The summed E-state index contributed by atoms with van der Waals surface area (Å²) in [6.07, 6.45) is 22.9. The van der Waals surface area contributed by atoms with Crippen molar-refractivity contribution in [2.75, 3.05) is 0 Å². The van der Waals surface area contributed by atoms with Crippen molar-refractivity contribution in [3.05, 3.63) is 35.4 Å². The number of aromatic hydroxyl groups is 2. The number of benzene rings is 1. The van der Waals surface area contributed by atoms with Gasteiger partial charge in [-0.3, -0.25) is 4.79 Å². The minimum atomic E-state index is -1.02. The minimum absolute atomic E-state index is 0.0320. The summed E-state index contributed by atoms with van der Waals surface area (Å²) in [6, 6.07) is 2.57. The lowest BCUT2D eigenvalue weighted by Crippen LogP contribution is -2.72. The first kappa shape index (κ1) is 34.4. The molecule has 0 radical (unpaired) electrons. The Hall–Kier alpha value is -2.50. The maximum Gasteiger partial charge on any atom is 0.342 e. The fourth-order valence-corrected chi connectivity index (χ4v) is 8.52. The van der Waals surface area contributed by atoms with Gasteiger partial charge in [0.05, 0.1) is 0 Å². The molecule has 5 unspecified atom stereocenters. The number of phenolic OH excluding ortho intramolecular Hbond substituents is 2. The van der Waals surface area contributed by atoms with Gasteiger partial charge in [-0.15, -0.1) is 0 Å². The quantitative estimate of drug-likeness (QED) is 0.104. The highest BCUT2D eigenvalue weighted by molar-refractivity contribution is 5.94. The van der Waals surface area contributed by atoms with Crippen molar-refractivity contribution >= 4 is 11.9 Å². The van der Waals surface area contributed by atoms with Crippen molar-refractivity contribution in [3.8, 4) is 11.5 Å². The molecule has 3 aliphatic carbocycles. The molecule has 1 aromatic rings. The van der Waals surface area contributed by atoms with E-state index in [1.54, 1.807) is 6.92 Å². The number of esters is 2. The Bertz CT molecular complexity index is 1150. The first-order chi connectivity index (χ1) is 20.9. The van der Waals surface area contributed by atoms with Crippen LogP contribution in [0.4, 0.5) is 0 Å². The van der Waals surface area contributed by atoms with E-state index in [1.165, 1.54) is 70.3 Å². The van der Waals surface area contributed by atoms with Gasteiger partial charge in [-0.25, -0.2) is 4.79 Å². The summed E-state index contributed by atoms with van der Waals surface area (Å²) in [7, 11) is 0. The normalized spacial score (nSPS) is 28.2. The Labute approximate surface area is 266 Å². The topological polar surface area (TPSA) is 93.1 Å². The molecule has 2 saturated carbocycles. The predicted molar refractivity (Wildman–Crippen MR) is 175 cm³/mol. The number of unbranched alkanes of at least 4 members (excludes halogenated alkanes) is 12. The van der Waals surface area contributed by atoms with Gasteiger partial charge in [-0.05, 0) is 67.6 Å². The van der Waals surface area contributed by atoms with E-state index in [2.05, 4.69) is 33.8 Å². The van der Waals surface area contributed by atoms with E-state index in [0.717, 1.165) is 38.2 Å². The van der Waals surface area contributed by atoms with E-state index in [9.17, 15) is 19.8 Å². The van der Waals surface area contributed by atoms with Gasteiger partial charge in [-0.2, -0.15) is 0 Å². The van der Waals surface area contributed by atoms with Crippen molar-refractivity contribution in [2.45, 2.75) is 155 Å². The maximum atomic E-state index is 13.3. The molecule has 246 valence electrons. The van der Waals surface area contributed by atoms with E-state index in [0.29, 0.717) is 30.2 Å². The monoisotopic (exact) mass is 610 g/mol. The summed E-state index contributed by atoms with van der Waals surface area (Å²) in [6.45, 7) is 10.7. The second-order valence-electron chi connectivity index (χ2n) is 15.1. The van der Waals surface area contributed by atoms with Crippen LogP contribution in [-0.4, -0.2) is 33.9 Å². The van der Waals surface area contributed by atoms with Crippen LogP contribution in [-0.2, 0) is 14.3 Å². The number of fused-ring (bicyclic) bond motifs is 3. The molecule has 0 heterocycles. The van der Waals surface area contributed by atoms with Crippen LogP contribution in [0.5, 0.6) is 11.5 Å². The molecule has 2 N–H and O–H groups in total. The zero-order valence-corrected chi connectivity index (χ0v) is 28.1. The molecule has 0 bridgehead atoms. The van der Waals surface area contributed by atoms with E-state index < -0.39 is 17.7 Å². The average Bonchev–Trinajstić information content (AvgIpc) is 3.27. The summed E-state index contributed by atoms with van der Waals surface area (Å²) in [5.41, 5.74) is -0.681. The van der Waals surface area contributed by atoms with Gasteiger partial charge in [0.15, 0.2) is 5.60 Å². The molecule has 0 spiro atoms. The molecule has 4 rings (SSSR count). The molecular formula is C38H58O6. The number of aryl methyl sites for hydroxylation is 1. The third-order valence-corrected chi connectivity index (χ3v) is 11.0. The van der Waals surface area contributed by atoms with Gasteiger partial charge >= 0.3 is 11.9 Å². The number of rotatable bonds is 17. The van der Waals surface area contributed by atoms with E-state index >= 15 is 0 Å². The van der Waals surface area contributed by atoms with Crippen molar-refractivity contribution < 1.29 is 29.3 Å². The molecule has 44 heavy (non-hydrogen) atoms. The lowest BCUT2D eigenvalue weighted by atomic mass is 9.46. The molecule has 2 fully saturated rings. The summed E-state index contributed by atoms with van der Waals surface area (Å²) in [4.78, 5) is 26.7. The third-order valence-electron chi connectivity index (χ3n) is 11.0. The summed E-state index contributed by atoms with van der Waals surface area (Å²) in [5, 5.41) is 20.2. The van der Waals surface area contributed by atoms with Crippen LogP contribution in [0, 0.1) is 29.6 Å². The zero-order chi connectivity index (χ0) is 32.0. The van der Waals surface area contributed by atoms with Crippen LogP contribution in [0.3, 0.4) is 0 Å². The smallest absolute Gasteiger partial charge is 0.342 e. The van der Waals surface area contributed by atoms with Gasteiger partial charge in [0.1, 0.15) is 23.2 Å². The predicted octanol–water partition coefficient (Wildman–Crippen LogP) is 9.73. The van der Waals surface area contributed by atoms with Gasteiger partial charge in [-0.1, -0.05) is 111 Å². The second-order valence-corrected chi connectivity index (χ2v) is 15.1. The Morgan fingerprint density at radius 2 is 1.43 bits per heavy atom. The van der Waals surface area contributed by atoms with E-state index in [4.69, 9.17) is 9.47 Å². The number of carbonyl (C=O) groups is 2. The molecule has 5 atom stereocenters. The minimum Gasteiger partial charge on any atom is -0.508 e. The fraction of sp³-hybridized carbons (Fsp3) is 0.737. The Balaban J connectivity index is 1.31. The van der Waals surface area contributed by atoms with E-state index in [1.807, 2.05) is 6.08 Å². The van der Waals surface area contributed by atoms with Crippen LogP contribution < -0.4 is 0 Å². The zero-order valence-electron chi connectivity index (χ0n) is 28.1. The Kier molecular flexibility index (Phi) is 11.5. The first-order valence-corrected chi connectivity index (χ1v) is 17.6. The molecule has 0 aromatic heterocycles. The second kappa shape index (κ2) is 14.7. The van der Waals surface area contributed by atoms with Crippen LogP contribution in [0.25, 0.3) is 0 Å². The molecule has 0 amide bonds. The Morgan fingerprint density at radius 1 is 0.841 bits per heavy atom. The van der Waals surface area contributed by atoms with Crippen LogP contribution in [0.15, 0.2) is 24.3 Å². The Morgan fingerprint density at radius 3 is 2.02 bits per heavy atom.